The van der Waals surface area contributed by atoms with Gasteiger partial charge in [-0.25, -0.2) is 4.79 Å². The Kier molecular flexibility index (Phi) is 7.39. The van der Waals surface area contributed by atoms with Crippen molar-refractivity contribution in [2.45, 2.75) is 32.7 Å². The number of benzene rings is 2. The number of nitrogens with zero attached hydrogens (tertiary/aromatic N) is 1. The molecule has 7 heteroatoms. The molecule has 0 aromatic heterocycles. The molecular formula is C24H29NO6. The summed E-state index contributed by atoms with van der Waals surface area (Å²) < 4.78 is 21.5. The maximum absolute atomic E-state index is 12.8. The molecule has 166 valence electrons. The Morgan fingerprint density at radius 1 is 1.03 bits per heavy atom. The van der Waals surface area contributed by atoms with E-state index in [0.29, 0.717) is 23.8 Å². The summed E-state index contributed by atoms with van der Waals surface area (Å²) in [6.45, 7) is 3.94. The van der Waals surface area contributed by atoms with Gasteiger partial charge in [0.15, 0.2) is 13.2 Å². The zero-order valence-corrected chi connectivity index (χ0v) is 18.5. The van der Waals surface area contributed by atoms with Crippen molar-refractivity contribution in [1.29, 1.82) is 0 Å². The molecule has 0 saturated carbocycles. The van der Waals surface area contributed by atoms with Crippen LogP contribution < -0.4 is 14.2 Å². The SMILES string of the molecule is COc1ccc(OC)c([C@H]2CCCN2C(=O)COC(=O)COc2cccc(C)c2C)c1. The van der Waals surface area contributed by atoms with Crippen molar-refractivity contribution in [2.24, 2.45) is 0 Å². The second kappa shape index (κ2) is 10.2. The minimum Gasteiger partial charge on any atom is -0.497 e. The number of hydrogen-bond donors (Lipinski definition) is 0. The summed E-state index contributed by atoms with van der Waals surface area (Å²) in [4.78, 5) is 26.6. The lowest BCUT2D eigenvalue weighted by molar-refractivity contribution is -0.154. The van der Waals surface area contributed by atoms with Gasteiger partial charge in [0.2, 0.25) is 0 Å². The van der Waals surface area contributed by atoms with Gasteiger partial charge in [-0.2, -0.15) is 0 Å². The number of ether oxygens (including phenoxy) is 4. The second-order valence-corrected chi connectivity index (χ2v) is 7.50. The normalized spacial score (nSPS) is 15.5. The lowest BCUT2D eigenvalue weighted by atomic mass is 10.0. The number of carbonyl (C=O) groups excluding carboxylic acids is 2. The molecule has 0 bridgehead atoms. The topological polar surface area (TPSA) is 74.3 Å². The van der Waals surface area contributed by atoms with Gasteiger partial charge in [-0.05, 0) is 62.1 Å². The van der Waals surface area contributed by atoms with E-state index in [0.717, 1.165) is 29.5 Å². The van der Waals surface area contributed by atoms with Crippen LogP contribution in [0.1, 0.15) is 35.6 Å². The number of hydrogen-bond acceptors (Lipinski definition) is 6. The first kappa shape index (κ1) is 22.5. The Balaban J connectivity index is 1.58. The highest BCUT2D eigenvalue weighted by Gasteiger charge is 2.32. The predicted molar refractivity (Wildman–Crippen MR) is 116 cm³/mol. The highest BCUT2D eigenvalue weighted by Crippen LogP contribution is 2.38. The molecule has 1 saturated heterocycles. The first-order valence-corrected chi connectivity index (χ1v) is 10.3. The zero-order chi connectivity index (χ0) is 22.4. The van der Waals surface area contributed by atoms with Crippen molar-refractivity contribution >= 4 is 11.9 Å². The van der Waals surface area contributed by atoms with Crippen LogP contribution in [0.15, 0.2) is 36.4 Å². The first-order valence-electron chi connectivity index (χ1n) is 10.3. The Hall–Kier alpha value is -3.22. The van der Waals surface area contributed by atoms with Gasteiger partial charge in [-0.1, -0.05) is 12.1 Å². The van der Waals surface area contributed by atoms with E-state index in [1.54, 1.807) is 25.2 Å². The molecule has 1 aliphatic rings. The van der Waals surface area contributed by atoms with Gasteiger partial charge >= 0.3 is 5.97 Å². The van der Waals surface area contributed by atoms with E-state index in [2.05, 4.69) is 0 Å². The van der Waals surface area contributed by atoms with E-state index >= 15 is 0 Å². The van der Waals surface area contributed by atoms with Gasteiger partial charge in [0.1, 0.15) is 17.2 Å². The Labute approximate surface area is 182 Å². The number of aryl methyl sites for hydroxylation is 1. The van der Waals surface area contributed by atoms with Crippen molar-refractivity contribution in [3.05, 3.63) is 53.1 Å². The molecule has 1 aliphatic heterocycles. The Bertz CT molecular complexity index is 942. The summed E-state index contributed by atoms with van der Waals surface area (Å²) in [5.74, 6) is 1.21. The van der Waals surface area contributed by atoms with Crippen LogP contribution in [0.25, 0.3) is 0 Å². The van der Waals surface area contributed by atoms with Crippen molar-refractivity contribution in [3.63, 3.8) is 0 Å². The van der Waals surface area contributed by atoms with Crippen LogP contribution in [-0.4, -0.2) is 50.8 Å². The number of rotatable bonds is 8. The third kappa shape index (κ3) is 5.29. The van der Waals surface area contributed by atoms with Crippen molar-refractivity contribution in [2.75, 3.05) is 34.0 Å². The lowest BCUT2D eigenvalue weighted by Crippen LogP contribution is -2.35. The lowest BCUT2D eigenvalue weighted by Gasteiger charge is -2.26. The molecule has 0 radical (unpaired) electrons. The van der Waals surface area contributed by atoms with Crippen LogP contribution in [-0.2, 0) is 14.3 Å². The summed E-state index contributed by atoms with van der Waals surface area (Å²) in [5, 5.41) is 0. The fourth-order valence-corrected chi connectivity index (χ4v) is 3.77. The van der Waals surface area contributed by atoms with Gasteiger partial charge in [0, 0.05) is 12.1 Å². The summed E-state index contributed by atoms with van der Waals surface area (Å²) in [6, 6.07) is 11.0. The summed E-state index contributed by atoms with van der Waals surface area (Å²) in [7, 11) is 3.20. The molecule has 1 fully saturated rings. The van der Waals surface area contributed by atoms with Gasteiger partial charge in [0.25, 0.3) is 5.91 Å². The molecule has 1 amide bonds. The molecule has 1 heterocycles. The summed E-state index contributed by atoms with van der Waals surface area (Å²) in [6.07, 6.45) is 1.67. The average Bonchev–Trinajstić information content (AvgIpc) is 3.27. The van der Waals surface area contributed by atoms with Crippen molar-refractivity contribution < 1.29 is 28.5 Å². The van der Waals surface area contributed by atoms with Gasteiger partial charge < -0.3 is 23.8 Å². The molecule has 3 rings (SSSR count). The largest absolute Gasteiger partial charge is 0.497 e. The smallest absolute Gasteiger partial charge is 0.344 e. The zero-order valence-electron chi connectivity index (χ0n) is 18.5. The van der Waals surface area contributed by atoms with Crippen molar-refractivity contribution in [1.82, 2.24) is 4.90 Å². The highest BCUT2D eigenvalue weighted by molar-refractivity contribution is 5.81. The summed E-state index contributed by atoms with van der Waals surface area (Å²) in [5.41, 5.74) is 2.94. The average molecular weight is 427 g/mol. The molecule has 0 unspecified atom stereocenters. The quantitative estimate of drug-likeness (QED) is 0.599. The molecule has 7 nitrogen and oxygen atoms in total. The van der Waals surface area contributed by atoms with Crippen LogP contribution in [0.5, 0.6) is 17.2 Å². The number of likely N-dealkylation sites (tertiary alicyclic amines) is 1. The van der Waals surface area contributed by atoms with Crippen LogP contribution in [0, 0.1) is 13.8 Å². The third-order valence-electron chi connectivity index (χ3n) is 5.63. The number of methoxy groups -OCH3 is 2. The van der Waals surface area contributed by atoms with E-state index < -0.39 is 5.97 Å². The van der Waals surface area contributed by atoms with E-state index in [-0.39, 0.29) is 25.2 Å². The van der Waals surface area contributed by atoms with E-state index in [4.69, 9.17) is 18.9 Å². The van der Waals surface area contributed by atoms with Crippen LogP contribution in [0.3, 0.4) is 0 Å². The maximum Gasteiger partial charge on any atom is 0.344 e. The molecule has 0 spiro atoms. The highest BCUT2D eigenvalue weighted by atomic mass is 16.6. The monoisotopic (exact) mass is 427 g/mol. The van der Waals surface area contributed by atoms with Crippen LogP contribution >= 0.6 is 0 Å². The Morgan fingerprint density at radius 3 is 2.58 bits per heavy atom. The standard InChI is InChI=1S/C24H29NO6/c1-16-7-5-9-21(17(16)2)30-15-24(27)31-14-23(26)25-12-6-8-20(25)19-13-18(28-3)10-11-22(19)29-4/h5,7,9-11,13,20H,6,8,12,14-15H2,1-4H3/t20-/m1/s1. The Morgan fingerprint density at radius 2 is 1.84 bits per heavy atom. The number of amides is 1. The molecule has 0 N–H and O–H groups in total. The van der Waals surface area contributed by atoms with E-state index in [1.807, 2.05) is 44.2 Å². The first-order chi connectivity index (χ1) is 14.9. The van der Waals surface area contributed by atoms with E-state index in [1.165, 1.54) is 0 Å². The molecule has 0 aliphatic carbocycles. The molecule has 2 aromatic carbocycles. The molecular weight excluding hydrogens is 398 g/mol. The van der Waals surface area contributed by atoms with Gasteiger partial charge in [-0.15, -0.1) is 0 Å². The molecule has 1 atom stereocenters. The minimum atomic E-state index is -0.580. The number of carbonyl (C=O) groups is 2. The van der Waals surface area contributed by atoms with Crippen LogP contribution in [0.4, 0.5) is 0 Å². The fourth-order valence-electron chi connectivity index (χ4n) is 3.77. The third-order valence-corrected chi connectivity index (χ3v) is 5.63. The van der Waals surface area contributed by atoms with Gasteiger partial charge in [-0.3, -0.25) is 4.79 Å². The fraction of sp³-hybridized carbons (Fsp3) is 0.417. The maximum atomic E-state index is 12.8. The second-order valence-electron chi connectivity index (χ2n) is 7.50. The molecule has 2 aromatic rings. The molecule has 31 heavy (non-hydrogen) atoms. The van der Waals surface area contributed by atoms with E-state index in [9.17, 15) is 9.59 Å². The summed E-state index contributed by atoms with van der Waals surface area (Å²) >= 11 is 0. The minimum absolute atomic E-state index is 0.151. The van der Waals surface area contributed by atoms with Crippen molar-refractivity contribution in [3.8, 4) is 17.2 Å². The predicted octanol–water partition coefficient (Wildman–Crippen LogP) is 3.61. The van der Waals surface area contributed by atoms with Gasteiger partial charge in [0.05, 0.1) is 20.3 Å². The van der Waals surface area contributed by atoms with Crippen LogP contribution in [0.2, 0.25) is 0 Å². The number of esters is 1.